The third-order valence-corrected chi connectivity index (χ3v) is 10.4. The number of nitrogens with zero attached hydrogens (tertiary/aromatic N) is 4. The molecule has 0 fully saturated rings. The number of aryl methyl sites for hydroxylation is 2. The van der Waals surface area contributed by atoms with Gasteiger partial charge in [0.15, 0.2) is 0 Å². The van der Waals surface area contributed by atoms with Crippen molar-refractivity contribution in [2.75, 3.05) is 23.9 Å². The molecule has 8 rings (SSSR count). The Morgan fingerprint density at radius 3 is 1.72 bits per heavy atom. The van der Waals surface area contributed by atoms with Crippen LogP contribution in [0.5, 0.6) is 0 Å². The van der Waals surface area contributed by atoms with Crippen LogP contribution in [0, 0.1) is 13.8 Å². The van der Waals surface area contributed by atoms with Crippen molar-refractivity contribution in [2.45, 2.75) is 13.8 Å². The van der Waals surface area contributed by atoms with Crippen LogP contribution in [0.3, 0.4) is 0 Å². The second-order valence-electron chi connectivity index (χ2n) is 14.8. The zero-order valence-corrected chi connectivity index (χ0v) is 33.4. The number of hydrogen-bond acceptors (Lipinski definition) is 4. The molecule has 2 heterocycles. The maximum Gasteiger partial charge on any atom is 0.0546 e. The Bertz CT molecular complexity index is 2640. The molecule has 0 atom stereocenters. The van der Waals surface area contributed by atoms with Crippen LogP contribution in [0.15, 0.2) is 195 Å². The van der Waals surface area contributed by atoms with Gasteiger partial charge in [-0.25, -0.2) is 0 Å². The maximum absolute atomic E-state index is 4.41. The maximum atomic E-state index is 4.41. The molecule has 0 bridgehead atoms. The lowest BCUT2D eigenvalue weighted by Gasteiger charge is -2.28. The third kappa shape index (κ3) is 8.57. The van der Waals surface area contributed by atoms with Gasteiger partial charge in [0.2, 0.25) is 0 Å². The number of hydrogen-bond donors (Lipinski definition) is 0. The van der Waals surface area contributed by atoms with Gasteiger partial charge in [0.1, 0.15) is 0 Å². The Morgan fingerprint density at radius 1 is 0.500 bits per heavy atom. The van der Waals surface area contributed by atoms with Gasteiger partial charge in [0, 0.05) is 72.5 Å². The van der Waals surface area contributed by atoms with E-state index in [1.54, 1.807) is 12.4 Å². The largest absolute Gasteiger partial charge is 0.378 e. The van der Waals surface area contributed by atoms with Gasteiger partial charge >= 0.3 is 0 Å². The quantitative estimate of drug-likeness (QED) is 0.123. The molecule has 8 aromatic rings. The van der Waals surface area contributed by atoms with Crippen molar-refractivity contribution in [2.24, 2.45) is 0 Å². The second-order valence-corrected chi connectivity index (χ2v) is 14.8. The minimum atomic E-state index is 1.04. The van der Waals surface area contributed by atoms with Gasteiger partial charge in [-0.2, -0.15) is 0 Å². The van der Waals surface area contributed by atoms with Crippen molar-refractivity contribution in [1.29, 1.82) is 0 Å². The lowest BCUT2D eigenvalue weighted by molar-refractivity contribution is 1.13. The van der Waals surface area contributed by atoms with Gasteiger partial charge in [0.25, 0.3) is 0 Å². The molecule has 2 aromatic heterocycles. The van der Waals surface area contributed by atoms with E-state index in [1.165, 1.54) is 38.6 Å². The summed E-state index contributed by atoms with van der Waals surface area (Å²) in [5, 5.41) is 2.34. The number of rotatable bonds is 11. The van der Waals surface area contributed by atoms with Gasteiger partial charge in [-0.05, 0) is 113 Å². The average Bonchev–Trinajstić information content (AvgIpc) is 3.26. The van der Waals surface area contributed by atoms with Gasteiger partial charge in [-0.3, -0.25) is 9.97 Å². The fourth-order valence-corrected chi connectivity index (χ4v) is 7.28. The molecule has 4 heteroatoms. The first-order valence-electron chi connectivity index (χ1n) is 19.6. The normalized spacial score (nSPS) is 11.0. The first-order valence-corrected chi connectivity index (χ1v) is 19.6. The molecule has 0 saturated carbocycles. The van der Waals surface area contributed by atoms with Crippen LogP contribution in [0.2, 0.25) is 0 Å². The van der Waals surface area contributed by atoms with E-state index in [1.807, 2.05) is 24.5 Å². The lowest BCUT2D eigenvalue weighted by atomic mass is 9.95. The summed E-state index contributed by atoms with van der Waals surface area (Å²) in [6.45, 7) is 4.26. The van der Waals surface area contributed by atoms with Crippen LogP contribution >= 0.6 is 0 Å². The summed E-state index contributed by atoms with van der Waals surface area (Å²) in [7, 11) is 4.17. The molecule has 4 nitrogen and oxygen atoms in total. The number of benzene rings is 6. The summed E-state index contributed by atoms with van der Waals surface area (Å²) in [6, 6.07) is 56.5. The third-order valence-electron chi connectivity index (χ3n) is 10.4. The fourth-order valence-electron chi connectivity index (χ4n) is 7.28. The van der Waals surface area contributed by atoms with Crippen molar-refractivity contribution in [3.8, 4) is 0 Å². The standard InChI is InChI=1S/C54H46N4/c1-39-19-25-43(26-20-39)51(44-27-21-40(2)22-28-44)18-7-11-42-33-45-12-5-6-17-52(45)54(35-42)58(50-16-8-15-49(36-50)57(3)4)48-29-23-41(24-30-48)34-53(46-13-9-31-55-37-46)47-14-10-32-56-38-47/h5-38H,1-4H3/b11-7+. The van der Waals surface area contributed by atoms with Crippen molar-refractivity contribution in [1.82, 2.24) is 9.97 Å². The first-order chi connectivity index (χ1) is 28.4. The summed E-state index contributed by atoms with van der Waals surface area (Å²) < 4.78 is 0. The van der Waals surface area contributed by atoms with Crippen LogP contribution < -0.4 is 9.80 Å². The van der Waals surface area contributed by atoms with Crippen LogP contribution in [0.1, 0.15) is 44.5 Å². The van der Waals surface area contributed by atoms with Crippen LogP contribution in [0.25, 0.3) is 34.1 Å². The number of anilines is 4. The highest BCUT2D eigenvalue weighted by Crippen LogP contribution is 2.41. The number of aromatic nitrogens is 2. The minimum Gasteiger partial charge on any atom is -0.378 e. The van der Waals surface area contributed by atoms with Crippen LogP contribution in [-0.2, 0) is 0 Å². The van der Waals surface area contributed by atoms with Gasteiger partial charge in [0.05, 0.1) is 5.69 Å². The summed E-state index contributed by atoms with van der Waals surface area (Å²) in [4.78, 5) is 13.3. The second kappa shape index (κ2) is 17.2. The highest BCUT2D eigenvalue weighted by Gasteiger charge is 2.17. The summed E-state index contributed by atoms with van der Waals surface area (Å²) >= 11 is 0. The van der Waals surface area contributed by atoms with Crippen molar-refractivity contribution in [3.63, 3.8) is 0 Å². The van der Waals surface area contributed by atoms with Gasteiger partial charge in [-0.1, -0.05) is 132 Å². The Hall–Kier alpha value is -7.30. The molecule has 0 aliphatic carbocycles. The van der Waals surface area contributed by atoms with Gasteiger partial charge < -0.3 is 9.80 Å². The van der Waals surface area contributed by atoms with E-state index < -0.39 is 0 Å². The fraction of sp³-hybridized carbons (Fsp3) is 0.0741. The van der Waals surface area contributed by atoms with E-state index >= 15 is 0 Å². The van der Waals surface area contributed by atoms with Gasteiger partial charge in [-0.15, -0.1) is 0 Å². The monoisotopic (exact) mass is 750 g/mol. The molecule has 0 unspecified atom stereocenters. The average molecular weight is 751 g/mol. The summed E-state index contributed by atoms with van der Waals surface area (Å²) in [5.41, 5.74) is 15.8. The minimum absolute atomic E-state index is 1.04. The zero-order chi connectivity index (χ0) is 39.8. The number of allylic oxidation sites excluding steroid dienone is 2. The topological polar surface area (TPSA) is 32.3 Å². The van der Waals surface area contributed by atoms with Crippen molar-refractivity contribution < 1.29 is 0 Å². The Morgan fingerprint density at radius 2 is 1.12 bits per heavy atom. The van der Waals surface area contributed by atoms with Crippen molar-refractivity contribution in [3.05, 3.63) is 239 Å². The van der Waals surface area contributed by atoms with Crippen LogP contribution in [0.4, 0.5) is 22.7 Å². The smallest absolute Gasteiger partial charge is 0.0546 e. The number of pyridine rings is 2. The van der Waals surface area contributed by atoms with Crippen molar-refractivity contribution >= 4 is 56.8 Å². The summed E-state index contributed by atoms with van der Waals surface area (Å²) in [5.74, 6) is 0. The molecular weight excluding hydrogens is 705 g/mol. The van der Waals surface area contributed by atoms with E-state index in [0.717, 1.165) is 50.6 Å². The molecule has 0 spiro atoms. The molecule has 0 saturated heterocycles. The first kappa shape index (κ1) is 37.6. The molecule has 6 aromatic carbocycles. The Balaban J connectivity index is 1.24. The SMILES string of the molecule is Cc1ccc(C(=C/C=C/c2cc(N(c3ccc(C=C(c4cccnc4)c4cccnc4)cc3)c3cccc(N(C)C)c3)c3ccccc3c2)c2ccc(C)cc2)cc1. The van der Waals surface area contributed by atoms with E-state index in [2.05, 4.69) is 218 Å². The predicted molar refractivity (Wildman–Crippen MR) is 247 cm³/mol. The highest BCUT2D eigenvalue weighted by molar-refractivity contribution is 6.01. The molecular formula is C54H46N4. The molecule has 0 N–H and O–H groups in total. The number of fused-ring (bicyclic) bond motifs is 1. The molecule has 0 aliphatic rings. The zero-order valence-electron chi connectivity index (χ0n) is 33.4. The van der Waals surface area contributed by atoms with Crippen LogP contribution in [-0.4, -0.2) is 24.1 Å². The predicted octanol–water partition coefficient (Wildman–Crippen LogP) is 13.5. The summed E-state index contributed by atoms with van der Waals surface area (Å²) in [6.07, 6.45) is 16.3. The highest BCUT2D eigenvalue weighted by atomic mass is 15.1. The molecule has 282 valence electrons. The van der Waals surface area contributed by atoms with E-state index in [9.17, 15) is 0 Å². The molecule has 0 aliphatic heterocycles. The molecule has 58 heavy (non-hydrogen) atoms. The Kier molecular flexibility index (Phi) is 11.2. The van der Waals surface area contributed by atoms with E-state index in [4.69, 9.17) is 0 Å². The Labute approximate surface area is 342 Å². The molecule has 0 radical (unpaired) electrons. The molecule has 0 amide bonds. The van der Waals surface area contributed by atoms with E-state index in [0.29, 0.717) is 0 Å². The lowest BCUT2D eigenvalue weighted by Crippen LogP contribution is -2.13. The van der Waals surface area contributed by atoms with E-state index in [-0.39, 0.29) is 0 Å².